The summed E-state index contributed by atoms with van der Waals surface area (Å²) >= 11 is 0. The topological polar surface area (TPSA) is 63.7 Å². The van der Waals surface area contributed by atoms with Gasteiger partial charge in [-0.15, -0.1) is 0 Å². The minimum Gasteiger partial charge on any atom is -0.484 e. The smallest absolute Gasteiger partial charge is 0.260 e. The van der Waals surface area contributed by atoms with E-state index in [1.807, 2.05) is 65.6 Å². The van der Waals surface area contributed by atoms with Crippen LogP contribution in [0.2, 0.25) is 0 Å². The van der Waals surface area contributed by atoms with Gasteiger partial charge in [-0.1, -0.05) is 48.5 Å². The van der Waals surface area contributed by atoms with Crippen LogP contribution in [0, 0.1) is 5.92 Å². The van der Waals surface area contributed by atoms with Crippen LogP contribution < -0.4 is 4.74 Å². The molecule has 162 valence electrons. The zero-order chi connectivity index (χ0) is 21.7. The van der Waals surface area contributed by atoms with Crippen molar-refractivity contribution < 1.29 is 17.9 Å². The Bertz CT molecular complexity index is 1140. The van der Waals surface area contributed by atoms with Crippen molar-refractivity contribution in [2.24, 2.45) is 5.92 Å². The van der Waals surface area contributed by atoms with E-state index in [1.54, 1.807) is 12.1 Å². The molecule has 1 saturated heterocycles. The standard InChI is InChI=1S/C25H27NO4S/c27-25(19-30-23-8-2-1-3-9-23)26-15-12-20(13-16-26)14-17-31(28,29)24-11-10-21-6-4-5-7-22(21)18-24/h1-11,18,20H,12-17,19H2. The van der Waals surface area contributed by atoms with Gasteiger partial charge >= 0.3 is 0 Å². The number of piperidine rings is 1. The number of carbonyl (C=O) groups is 1. The number of hydrogen-bond donors (Lipinski definition) is 0. The fourth-order valence-corrected chi connectivity index (χ4v) is 5.49. The Morgan fingerprint density at radius 1 is 0.903 bits per heavy atom. The van der Waals surface area contributed by atoms with Crippen LogP contribution in [0.15, 0.2) is 77.7 Å². The number of rotatable bonds is 7. The highest BCUT2D eigenvalue weighted by Crippen LogP contribution is 2.25. The molecule has 0 aromatic heterocycles. The van der Waals surface area contributed by atoms with Crippen LogP contribution >= 0.6 is 0 Å². The van der Waals surface area contributed by atoms with Crippen LogP contribution in [0.25, 0.3) is 10.8 Å². The lowest BCUT2D eigenvalue weighted by Crippen LogP contribution is -2.41. The third-order valence-corrected chi connectivity index (χ3v) is 7.69. The third kappa shape index (κ3) is 5.44. The van der Waals surface area contributed by atoms with Gasteiger partial charge < -0.3 is 9.64 Å². The summed E-state index contributed by atoms with van der Waals surface area (Å²) in [5.41, 5.74) is 0. The Kier molecular flexibility index (Phi) is 6.56. The van der Waals surface area contributed by atoms with E-state index in [-0.39, 0.29) is 18.3 Å². The predicted octanol–water partition coefficient (Wildman–Crippen LogP) is 4.32. The van der Waals surface area contributed by atoms with Gasteiger partial charge in [-0.2, -0.15) is 0 Å². The van der Waals surface area contributed by atoms with E-state index in [0.717, 1.165) is 23.6 Å². The van der Waals surface area contributed by atoms with Crippen LogP contribution in [0.1, 0.15) is 19.3 Å². The summed E-state index contributed by atoms with van der Waals surface area (Å²) in [6, 6.07) is 22.4. The third-order valence-electron chi connectivity index (χ3n) is 5.95. The van der Waals surface area contributed by atoms with Crippen LogP contribution in [-0.2, 0) is 14.6 Å². The number of likely N-dealkylation sites (tertiary alicyclic amines) is 1. The lowest BCUT2D eigenvalue weighted by molar-refractivity contribution is -0.134. The number of sulfone groups is 1. The normalized spacial score (nSPS) is 15.2. The fraction of sp³-hybridized carbons (Fsp3) is 0.320. The minimum absolute atomic E-state index is 0.0221. The van der Waals surface area contributed by atoms with Gasteiger partial charge in [0.25, 0.3) is 5.91 Å². The largest absolute Gasteiger partial charge is 0.484 e. The first-order valence-electron chi connectivity index (χ1n) is 10.7. The predicted molar refractivity (Wildman–Crippen MR) is 122 cm³/mol. The molecule has 0 bridgehead atoms. The van der Waals surface area contributed by atoms with Gasteiger partial charge in [0, 0.05) is 13.1 Å². The second kappa shape index (κ2) is 9.52. The van der Waals surface area contributed by atoms with Crippen LogP contribution in [-0.4, -0.2) is 44.7 Å². The first-order chi connectivity index (χ1) is 15.0. The summed E-state index contributed by atoms with van der Waals surface area (Å²) in [6.45, 7) is 1.33. The molecule has 0 atom stereocenters. The highest BCUT2D eigenvalue weighted by atomic mass is 32.2. The summed E-state index contributed by atoms with van der Waals surface area (Å²) < 4.78 is 31.2. The number of carbonyl (C=O) groups excluding carboxylic acids is 1. The Morgan fingerprint density at radius 2 is 1.58 bits per heavy atom. The van der Waals surface area contributed by atoms with Crippen LogP contribution in [0.5, 0.6) is 5.75 Å². The first kappa shape index (κ1) is 21.4. The van der Waals surface area contributed by atoms with E-state index in [4.69, 9.17) is 4.74 Å². The Morgan fingerprint density at radius 3 is 2.32 bits per heavy atom. The average molecular weight is 438 g/mol. The van der Waals surface area contributed by atoms with Crippen LogP contribution in [0.3, 0.4) is 0 Å². The molecule has 0 aliphatic carbocycles. The summed E-state index contributed by atoms with van der Waals surface area (Å²) in [5.74, 6) is 1.12. The van der Waals surface area contributed by atoms with Crippen molar-refractivity contribution in [1.29, 1.82) is 0 Å². The van der Waals surface area contributed by atoms with E-state index in [2.05, 4.69) is 0 Å². The molecule has 6 heteroatoms. The average Bonchev–Trinajstić information content (AvgIpc) is 2.82. The van der Waals surface area contributed by atoms with E-state index in [1.165, 1.54) is 0 Å². The molecule has 1 aliphatic heterocycles. The number of nitrogens with zero attached hydrogens (tertiary/aromatic N) is 1. The maximum Gasteiger partial charge on any atom is 0.260 e. The van der Waals surface area contributed by atoms with E-state index in [0.29, 0.717) is 36.1 Å². The summed E-state index contributed by atoms with van der Waals surface area (Å²) in [7, 11) is -3.32. The molecular formula is C25H27NO4S. The number of fused-ring (bicyclic) bond motifs is 1. The van der Waals surface area contributed by atoms with Crippen molar-refractivity contribution in [1.82, 2.24) is 4.90 Å². The van der Waals surface area contributed by atoms with Gasteiger partial charge in [0.05, 0.1) is 10.6 Å². The molecule has 5 nitrogen and oxygen atoms in total. The van der Waals surface area contributed by atoms with Crippen molar-refractivity contribution in [2.45, 2.75) is 24.2 Å². The molecular weight excluding hydrogens is 410 g/mol. The first-order valence-corrected chi connectivity index (χ1v) is 12.3. The zero-order valence-corrected chi connectivity index (χ0v) is 18.3. The molecule has 1 aliphatic rings. The SMILES string of the molecule is O=C(COc1ccccc1)N1CCC(CCS(=O)(=O)c2ccc3ccccc3c2)CC1. The van der Waals surface area contributed by atoms with Gasteiger partial charge in [0.2, 0.25) is 0 Å². The van der Waals surface area contributed by atoms with E-state index < -0.39 is 9.84 Å². The highest BCUT2D eigenvalue weighted by Gasteiger charge is 2.25. The maximum absolute atomic E-state index is 12.8. The molecule has 0 unspecified atom stereocenters. The van der Waals surface area contributed by atoms with Gasteiger partial charge in [-0.3, -0.25) is 4.79 Å². The second-order valence-electron chi connectivity index (χ2n) is 8.04. The summed E-state index contributed by atoms with van der Waals surface area (Å²) in [6.07, 6.45) is 2.27. The fourth-order valence-electron chi connectivity index (χ4n) is 4.02. The molecule has 4 rings (SSSR count). The number of benzene rings is 3. The molecule has 0 radical (unpaired) electrons. The summed E-state index contributed by atoms with van der Waals surface area (Å²) in [5, 5.41) is 1.97. The van der Waals surface area contributed by atoms with Crippen LogP contribution in [0.4, 0.5) is 0 Å². The molecule has 31 heavy (non-hydrogen) atoms. The number of amides is 1. The number of para-hydroxylation sites is 1. The molecule has 3 aromatic carbocycles. The molecule has 1 fully saturated rings. The molecule has 0 spiro atoms. The lowest BCUT2D eigenvalue weighted by atomic mass is 9.94. The van der Waals surface area contributed by atoms with Crippen molar-refractivity contribution in [3.05, 3.63) is 72.8 Å². The van der Waals surface area contributed by atoms with E-state index >= 15 is 0 Å². The molecule has 3 aromatic rings. The number of ether oxygens (including phenoxy) is 1. The molecule has 1 heterocycles. The number of hydrogen-bond acceptors (Lipinski definition) is 4. The van der Waals surface area contributed by atoms with Crippen molar-refractivity contribution >= 4 is 26.5 Å². The minimum atomic E-state index is -3.32. The Balaban J connectivity index is 1.26. The Labute approximate surface area is 183 Å². The molecule has 0 N–H and O–H groups in total. The monoisotopic (exact) mass is 437 g/mol. The van der Waals surface area contributed by atoms with Gasteiger partial charge in [-0.25, -0.2) is 8.42 Å². The quantitative estimate of drug-likeness (QED) is 0.552. The van der Waals surface area contributed by atoms with Crippen molar-refractivity contribution in [3.63, 3.8) is 0 Å². The lowest BCUT2D eigenvalue weighted by Gasteiger charge is -2.32. The van der Waals surface area contributed by atoms with Gasteiger partial charge in [-0.05, 0) is 60.2 Å². The highest BCUT2D eigenvalue weighted by molar-refractivity contribution is 7.91. The molecule has 0 saturated carbocycles. The van der Waals surface area contributed by atoms with Gasteiger partial charge in [0.15, 0.2) is 16.4 Å². The zero-order valence-electron chi connectivity index (χ0n) is 17.4. The second-order valence-corrected chi connectivity index (χ2v) is 10.2. The van der Waals surface area contributed by atoms with Crippen molar-refractivity contribution in [2.75, 3.05) is 25.4 Å². The van der Waals surface area contributed by atoms with Crippen molar-refractivity contribution in [3.8, 4) is 5.75 Å². The molecule has 1 amide bonds. The van der Waals surface area contributed by atoms with E-state index in [9.17, 15) is 13.2 Å². The van der Waals surface area contributed by atoms with Gasteiger partial charge in [0.1, 0.15) is 5.75 Å². The maximum atomic E-state index is 12.8. The summed E-state index contributed by atoms with van der Waals surface area (Å²) in [4.78, 5) is 14.6. The Hall–Kier alpha value is -2.86.